The zero-order valence-corrected chi connectivity index (χ0v) is 18.4. The van der Waals surface area contributed by atoms with E-state index >= 15 is 0 Å². The molecule has 3 aromatic rings. The Bertz CT molecular complexity index is 1330. The first-order valence-electron chi connectivity index (χ1n) is 9.68. The fraction of sp³-hybridized carbons (Fsp3) is 0.190. The minimum absolute atomic E-state index is 0.0200. The van der Waals surface area contributed by atoms with Crippen molar-refractivity contribution in [2.24, 2.45) is 5.14 Å². The summed E-state index contributed by atoms with van der Waals surface area (Å²) in [5.41, 5.74) is 7.20. The second-order valence-corrected chi connectivity index (χ2v) is 8.53. The Kier molecular flexibility index (Phi) is 6.95. The molecule has 5 N–H and O–H groups in total. The number of primary sulfonamides is 1. The molecule has 0 fully saturated rings. The van der Waals surface area contributed by atoms with Gasteiger partial charge in [0, 0.05) is 6.54 Å². The van der Waals surface area contributed by atoms with Crippen LogP contribution in [0.3, 0.4) is 0 Å². The highest BCUT2D eigenvalue weighted by Crippen LogP contribution is 2.23. The van der Waals surface area contributed by atoms with Crippen molar-refractivity contribution in [2.75, 3.05) is 19.4 Å². The molecule has 0 atom stereocenters. The van der Waals surface area contributed by atoms with E-state index in [4.69, 9.17) is 15.6 Å². The predicted molar refractivity (Wildman–Crippen MR) is 118 cm³/mol. The summed E-state index contributed by atoms with van der Waals surface area (Å²) < 4.78 is 42.8. The van der Waals surface area contributed by atoms with Crippen LogP contribution >= 0.6 is 0 Å². The normalized spacial score (nSPS) is 11.1. The summed E-state index contributed by atoms with van der Waals surface area (Å²) in [4.78, 5) is 12.3. The number of hydrogen-bond acceptors (Lipinski definition) is 7. The van der Waals surface area contributed by atoms with Crippen molar-refractivity contribution in [3.05, 3.63) is 65.1 Å². The van der Waals surface area contributed by atoms with Gasteiger partial charge in [0.15, 0.2) is 0 Å². The van der Waals surface area contributed by atoms with Crippen LogP contribution in [0.25, 0.3) is 5.69 Å². The van der Waals surface area contributed by atoms with Gasteiger partial charge in [0.05, 0.1) is 29.0 Å². The number of nitrogen functional groups attached to an aromatic ring is 1. The summed E-state index contributed by atoms with van der Waals surface area (Å²) >= 11 is 0. The van der Waals surface area contributed by atoms with Crippen LogP contribution in [-0.4, -0.2) is 37.8 Å². The van der Waals surface area contributed by atoms with Gasteiger partial charge in [-0.05, 0) is 55.3 Å². The fourth-order valence-electron chi connectivity index (χ4n) is 3.15. The second kappa shape index (κ2) is 9.68. The number of benzene rings is 2. The Morgan fingerprint density at radius 3 is 2.58 bits per heavy atom. The maximum absolute atomic E-state index is 13.2. The van der Waals surface area contributed by atoms with Gasteiger partial charge in [0.25, 0.3) is 5.91 Å². The van der Waals surface area contributed by atoms with Gasteiger partial charge in [0.2, 0.25) is 10.0 Å². The van der Waals surface area contributed by atoms with E-state index in [0.29, 0.717) is 24.2 Å². The van der Waals surface area contributed by atoms with Crippen molar-refractivity contribution in [3.8, 4) is 17.5 Å². The fourth-order valence-corrected chi connectivity index (χ4v) is 3.69. The van der Waals surface area contributed by atoms with Crippen LogP contribution in [0.5, 0.6) is 5.75 Å². The smallest absolute Gasteiger partial charge is 0.255 e. The number of methoxy groups -OCH3 is 1. The standard InChI is InChI=1S/C21H21FN6O4S/c1-32-19-9-8-15(33(25,30)31)11-16(19)21(29)26-10-2-3-18-17(12-23)20(24)28(27-18)14-6-4-13(22)5-7-14/h4-9,11H,2-3,10,24H2,1H3,(H,26,29)(H2,25,30,31). The van der Waals surface area contributed by atoms with Crippen LogP contribution in [-0.2, 0) is 16.4 Å². The number of amides is 1. The molecule has 0 aliphatic rings. The van der Waals surface area contributed by atoms with Crippen LogP contribution in [0.4, 0.5) is 10.2 Å². The molecule has 172 valence electrons. The first-order valence-corrected chi connectivity index (χ1v) is 11.2. The second-order valence-electron chi connectivity index (χ2n) is 6.97. The summed E-state index contributed by atoms with van der Waals surface area (Å²) in [5, 5.41) is 21.6. The maximum Gasteiger partial charge on any atom is 0.255 e. The van der Waals surface area contributed by atoms with E-state index in [-0.39, 0.29) is 34.1 Å². The Balaban J connectivity index is 1.69. The number of sulfonamides is 1. The first kappa shape index (κ1) is 23.7. The molecule has 0 aliphatic carbocycles. The van der Waals surface area contributed by atoms with E-state index in [2.05, 4.69) is 10.4 Å². The molecule has 1 heterocycles. The molecule has 33 heavy (non-hydrogen) atoms. The number of rotatable bonds is 8. The van der Waals surface area contributed by atoms with Gasteiger partial charge in [-0.25, -0.2) is 22.6 Å². The molecule has 0 aliphatic heterocycles. The molecule has 12 heteroatoms. The van der Waals surface area contributed by atoms with Crippen molar-refractivity contribution >= 4 is 21.7 Å². The van der Waals surface area contributed by atoms with Crippen LogP contribution < -0.4 is 20.9 Å². The van der Waals surface area contributed by atoms with E-state index in [1.54, 1.807) is 0 Å². The molecule has 10 nitrogen and oxygen atoms in total. The summed E-state index contributed by atoms with van der Waals surface area (Å²) in [6, 6.07) is 11.3. The van der Waals surface area contributed by atoms with E-state index in [0.717, 1.165) is 6.07 Å². The third kappa shape index (κ3) is 5.28. The molecule has 1 amide bonds. The van der Waals surface area contributed by atoms with Gasteiger partial charge in [-0.3, -0.25) is 4.79 Å². The Morgan fingerprint density at radius 2 is 1.97 bits per heavy atom. The predicted octanol–water partition coefficient (Wildman–Crippen LogP) is 1.48. The van der Waals surface area contributed by atoms with Gasteiger partial charge < -0.3 is 15.8 Å². The summed E-state index contributed by atoms with van der Waals surface area (Å²) in [6.45, 7) is 0.204. The molecule has 1 aromatic heterocycles. The highest BCUT2D eigenvalue weighted by atomic mass is 32.2. The number of nitrogens with two attached hydrogens (primary N) is 2. The maximum atomic E-state index is 13.2. The topological polar surface area (TPSA) is 166 Å². The van der Waals surface area contributed by atoms with Gasteiger partial charge in [-0.1, -0.05) is 0 Å². The number of ether oxygens (including phenoxy) is 1. The lowest BCUT2D eigenvalue weighted by Gasteiger charge is -2.10. The van der Waals surface area contributed by atoms with Crippen LogP contribution in [0.1, 0.15) is 28.0 Å². The quantitative estimate of drug-likeness (QED) is 0.418. The van der Waals surface area contributed by atoms with Crippen molar-refractivity contribution in [1.29, 1.82) is 5.26 Å². The molecule has 0 bridgehead atoms. The highest BCUT2D eigenvalue weighted by Gasteiger charge is 2.19. The molecule has 0 saturated carbocycles. The number of carbonyl (C=O) groups is 1. The number of aromatic nitrogens is 2. The first-order chi connectivity index (χ1) is 15.7. The van der Waals surface area contributed by atoms with E-state index in [9.17, 15) is 22.9 Å². The molecule has 0 radical (unpaired) electrons. The van der Waals surface area contributed by atoms with Gasteiger partial charge in [-0.15, -0.1) is 0 Å². The molecule has 2 aromatic carbocycles. The molecular formula is C21H21FN6O4S. The zero-order chi connectivity index (χ0) is 24.2. The lowest BCUT2D eigenvalue weighted by atomic mass is 10.1. The molecule has 3 rings (SSSR count). The average Bonchev–Trinajstić information content (AvgIpc) is 3.11. The van der Waals surface area contributed by atoms with Crippen molar-refractivity contribution in [1.82, 2.24) is 15.1 Å². The number of anilines is 1. The molecule has 0 saturated heterocycles. The van der Waals surface area contributed by atoms with Crippen molar-refractivity contribution in [3.63, 3.8) is 0 Å². The molecule has 0 spiro atoms. The summed E-state index contributed by atoms with van der Waals surface area (Å²) in [6.07, 6.45) is 0.743. The van der Waals surface area contributed by atoms with Crippen LogP contribution in [0.2, 0.25) is 0 Å². The number of carbonyl (C=O) groups excluding carboxylic acids is 1. The van der Waals surface area contributed by atoms with E-state index in [1.807, 2.05) is 6.07 Å². The molecular weight excluding hydrogens is 451 g/mol. The van der Waals surface area contributed by atoms with Crippen molar-refractivity contribution in [2.45, 2.75) is 17.7 Å². The number of nitrogens with one attached hydrogen (secondary N) is 1. The van der Waals surface area contributed by atoms with Crippen molar-refractivity contribution < 1.29 is 22.3 Å². The number of nitriles is 1. The highest BCUT2D eigenvalue weighted by molar-refractivity contribution is 7.89. The van der Waals surface area contributed by atoms with Gasteiger partial charge in [0.1, 0.15) is 29.0 Å². The largest absolute Gasteiger partial charge is 0.496 e. The lowest BCUT2D eigenvalue weighted by molar-refractivity contribution is 0.0950. The Morgan fingerprint density at radius 1 is 1.27 bits per heavy atom. The van der Waals surface area contributed by atoms with E-state index in [1.165, 1.54) is 48.2 Å². The zero-order valence-electron chi connectivity index (χ0n) is 17.6. The Hall–Kier alpha value is -3.95. The van der Waals surface area contributed by atoms with Crippen LogP contribution in [0.15, 0.2) is 47.4 Å². The third-order valence-corrected chi connectivity index (χ3v) is 5.71. The van der Waals surface area contributed by atoms with Gasteiger partial charge in [-0.2, -0.15) is 10.4 Å². The summed E-state index contributed by atoms with van der Waals surface area (Å²) in [7, 11) is -2.63. The third-order valence-electron chi connectivity index (χ3n) is 4.80. The summed E-state index contributed by atoms with van der Waals surface area (Å²) in [5.74, 6) is -0.633. The number of halogens is 1. The van der Waals surface area contributed by atoms with E-state index < -0.39 is 21.7 Å². The van der Waals surface area contributed by atoms with Crippen LogP contribution in [0, 0.1) is 17.1 Å². The van der Waals surface area contributed by atoms with Gasteiger partial charge >= 0.3 is 0 Å². The average molecular weight is 473 g/mol. The number of hydrogen-bond donors (Lipinski definition) is 3. The minimum atomic E-state index is -3.99. The SMILES string of the molecule is COc1ccc(S(N)(=O)=O)cc1C(=O)NCCCc1nn(-c2ccc(F)cc2)c(N)c1C#N. The monoisotopic (exact) mass is 472 g/mol. The molecule has 0 unspecified atom stereocenters. The number of nitrogens with zero attached hydrogens (tertiary/aromatic N) is 3. The minimum Gasteiger partial charge on any atom is -0.496 e. The number of aryl methyl sites for hydroxylation is 1. The Labute approximate surface area is 189 Å². The lowest BCUT2D eigenvalue weighted by Crippen LogP contribution is -2.26.